The second-order valence-corrected chi connectivity index (χ2v) is 7.09. The van der Waals surface area contributed by atoms with Gasteiger partial charge in [-0.05, 0) is 30.7 Å². The number of nitrogens with one attached hydrogen (secondary N) is 1. The van der Waals surface area contributed by atoms with E-state index in [1.165, 1.54) is 29.2 Å². The van der Waals surface area contributed by atoms with Gasteiger partial charge >= 0.3 is 5.97 Å². The Bertz CT molecular complexity index is 653. The highest BCUT2D eigenvalue weighted by molar-refractivity contribution is 7.89. The topological polar surface area (TPSA) is 104 Å². The van der Waals surface area contributed by atoms with Crippen molar-refractivity contribution in [2.45, 2.75) is 37.1 Å². The van der Waals surface area contributed by atoms with Crippen molar-refractivity contribution in [3.05, 3.63) is 29.8 Å². The van der Waals surface area contributed by atoms with E-state index >= 15 is 0 Å². The fourth-order valence-electron chi connectivity index (χ4n) is 1.93. The molecule has 0 saturated heterocycles. The molecule has 0 aliphatic carbocycles. The molecule has 0 spiro atoms. The molecule has 0 saturated carbocycles. The number of rotatable bonds is 8. The molecule has 0 fully saturated rings. The van der Waals surface area contributed by atoms with Crippen molar-refractivity contribution in [3.8, 4) is 0 Å². The zero-order chi connectivity index (χ0) is 17.6. The lowest BCUT2D eigenvalue weighted by molar-refractivity contribution is -0.139. The van der Waals surface area contributed by atoms with Gasteiger partial charge in [0.15, 0.2) is 0 Å². The summed E-state index contributed by atoms with van der Waals surface area (Å²) in [5, 5.41) is 9.11. The van der Waals surface area contributed by atoms with Crippen LogP contribution >= 0.6 is 0 Å². The molecule has 1 atom stereocenters. The van der Waals surface area contributed by atoms with E-state index in [1.807, 2.05) is 6.92 Å². The summed E-state index contributed by atoms with van der Waals surface area (Å²) in [4.78, 5) is 24.2. The average Bonchev–Trinajstić information content (AvgIpc) is 2.50. The van der Waals surface area contributed by atoms with Crippen molar-refractivity contribution >= 4 is 21.9 Å². The minimum atomic E-state index is -3.95. The third kappa shape index (κ3) is 5.33. The molecule has 23 heavy (non-hydrogen) atoms. The quantitative estimate of drug-likeness (QED) is 0.741. The number of carboxylic acids is 1. The SMILES string of the molecule is CCCC[C@H](NS(=O)(=O)c1ccc(C(=O)N(C)C)cc1)C(=O)O. The number of nitrogens with zero attached hydrogens (tertiary/aromatic N) is 1. The number of sulfonamides is 1. The van der Waals surface area contributed by atoms with Crippen molar-refractivity contribution in [2.75, 3.05) is 14.1 Å². The molecule has 1 aromatic rings. The number of hydrogen-bond acceptors (Lipinski definition) is 4. The molecule has 0 radical (unpaired) electrons. The number of carbonyl (C=O) groups excluding carboxylic acids is 1. The van der Waals surface area contributed by atoms with E-state index in [-0.39, 0.29) is 17.2 Å². The summed E-state index contributed by atoms with van der Waals surface area (Å²) in [7, 11) is -0.759. The molecular formula is C15H22N2O5S. The maximum atomic E-state index is 12.3. The van der Waals surface area contributed by atoms with Crippen LogP contribution in [0.1, 0.15) is 36.5 Å². The Hall–Kier alpha value is -1.93. The van der Waals surface area contributed by atoms with Crippen LogP contribution in [0.2, 0.25) is 0 Å². The summed E-state index contributed by atoms with van der Waals surface area (Å²) < 4.78 is 26.7. The van der Waals surface area contributed by atoms with Crippen molar-refractivity contribution in [1.82, 2.24) is 9.62 Å². The van der Waals surface area contributed by atoms with Gasteiger partial charge < -0.3 is 10.0 Å². The molecule has 8 heteroatoms. The van der Waals surface area contributed by atoms with Gasteiger partial charge in [0.2, 0.25) is 10.0 Å². The van der Waals surface area contributed by atoms with Crippen molar-refractivity contribution < 1.29 is 23.1 Å². The number of carbonyl (C=O) groups is 2. The Kier molecular flexibility index (Phi) is 6.71. The first kappa shape index (κ1) is 19.1. The average molecular weight is 342 g/mol. The molecule has 2 N–H and O–H groups in total. The van der Waals surface area contributed by atoms with Crippen LogP contribution in [-0.4, -0.2) is 50.4 Å². The zero-order valence-corrected chi connectivity index (χ0v) is 14.3. The van der Waals surface area contributed by atoms with Gasteiger partial charge in [-0.3, -0.25) is 9.59 Å². The molecule has 0 unspecified atom stereocenters. The van der Waals surface area contributed by atoms with Crippen LogP contribution in [0.15, 0.2) is 29.2 Å². The summed E-state index contributed by atoms with van der Waals surface area (Å²) in [6.07, 6.45) is 1.60. The highest BCUT2D eigenvalue weighted by Crippen LogP contribution is 2.13. The van der Waals surface area contributed by atoms with Crippen LogP contribution in [0.3, 0.4) is 0 Å². The van der Waals surface area contributed by atoms with Crippen LogP contribution < -0.4 is 4.72 Å². The Morgan fingerprint density at radius 1 is 1.22 bits per heavy atom. The van der Waals surface area contributed by atoms with Crippen molar-refractivity contribution in [1.29, 1.82) is 0 Å². The number of hydrogen-bond donors (Lipinski definition) is 2. The van der Waals surface area contributed by atoms with E-state index in [1.54, 1.807) is 14.1 Å². The van der Waals surface area contributed by atoms with E-state index in [2.05, 4.69) is 4.72 Å². The minimum Gasteiger partial charge on any atom is -0.480 e. The Morgan fingerprint density at radius 3 is 2.22 bits per heavy atom. The zero-order valence-electron chi connectivity index (χ0n) is 13.4. The lowest BCUT2D eigenvalue weighted by atomic mass is 10.1. The van der Waals surface area contributed by atoms with Gasteiger partial charge in [0, 0.05) is 19.7 Å². The first-order valence-electron chi connectivity index (χ1n) is 7.26. The maximum Gasteiger partial charge on any atom is 0.321 e. The predicted molar refractivity (Wildman–Crippen MR) is 85.7 cm³/mol. The highest BCUT2D eigenvalue weighted by Gasteiger charge is 2.25. The van der Waals surface area contributed by atoms with E-state index in [0.29, 0.717) is 12.0 Å². The molecule has 1 aromatic carbocycles. The molecule has 0 aliphatic heterocycles. The monoisotopic (exact) mass is 342 g/mol. The molecule has 0 aromatic heterocycles. The smallest absolute Gasteiger partial charge is 0.321 e. The fourth-order valence-corrected chi connectivity index (χ4v) is 3.15. The lowest BCUT2D eigenvalue weighted by Crippen LogP contribution is -2.40. The van der Waals surface area contributed by atoms with Crippen LogP contribution in [0, 0.1) is 0 Å². The first-order valence-corrected chi connectivity index (χ1v) is 8.74. The van der Waals surface area contributed by atoms with Crippen LogP contribution in [0.5, 0.6) is 0 Å². The molecule has 128 valence electrons. The molecule has 1 amide bonds. The first-order chi connectivity index (χ1) is 10.7. The second kappa shape index (κ2) is 8.07. The number of aliphatic carboxylic acids is 1. The number of unbranched alkanes of at least 4 members (excludes halogenated alkanes) is 1. The summed E-state index contributed by atoms with van der Waals surface area (Å²) in [5.74, 6) is -1.45. The number of benzene rings is 1. The summed E-state index contributed by atoms with van der Waals surface area (Å²) in [6.45, 7) is 1.90. The largest absolute Gasteiger partial charge is 0.480 e. The van der Waals surface area contributed by atoms with E-state index in [4.69, 9.17) is 5.11 Å². The number of carboxylic acid groups (broad SMARTS) is 1. The van der Waals surface area contributed by atoms with Gasteiger partial charge in [-0.15, -0.1) is 0 Å². The molecule has 0 aliphatic rings. The predicted octanol–water partition coefficient (Wildman–Crippen LogP) is 1.31. The minimum absolute atomic E-state index is 0.0736. The molecule has 1 rings (SSSR count). The van der Waals surface area contributed by atoms with Crippen LogP contribution in [-0.2, 0) is 14.8 Å². The van der Waals surface area contributed by atoms with Gasteiger partial charge in [0.25, 0.3) is 5.91 Å². The van der Waals surface area contributed by atoms with Gasteiger partial charge in [-0.1, -0.05) is 19.8 Å². The Morgan fingerprint density at radius 2 is 1.78 bits per heavy atom. The Balaban J connectivity index is 2.95. The standard InChI is InChI=1S/C15H22N2O5S/c1-4-5-6-13(15(19)20)16-23(21,22)12-9-7-11(8-10-12)14(18)17(2)3/h7-10,13,16H,4-6H2,1-3H3,(H,19,20)/t13-/m0/s1. The summed E-state index contributed by atoms with van der Waals surface area (Å²) >= 11 is 0. The molecule has 7 nitrogen and oxygen atoms in total. The van der Waals surface area contributed by atoms with Gasteiger partial charge in [-0.2, -0.15) is 4.72 Å². The van der Waals surface area contributed by atoms with Crippen molar-refractivity contribution in [3.63, 3.8) is 0 Å². The van der Waals surface area contributed by atoms with E-state index in [0.717, 1.165) is 6.42 Å². The molecule has 0 heterocycles. The fraction of sp³-hybridized carbons (Fsp3) is 0.467. The normalized spacial score (nSPS) is 12.7. The van der Waals surface area contributed by atoms with E-state index < -0.39 is 22.0 Å². The summed E-state index contributed by atoms with van der Waals surface area (Å²) in [5.41, 5.74) is 0.356. The second-order valence-electron chi connectivity index (χ2n) is 5.38. The van der Waals surface area contributed by atoms with Crippen LogP contribution in [0.4, 0.5) is 0 Å². The third-order valence-electron chi connectivity index (χ3n) is 3.26. The highest BCUT2D eigenvalue weighted by atomic mass is 32.2. The Labute approximate surface area is 136 Å². The molecular weight excluding hydrogens is 320 g/mol. The maximum absolute atomic E-state index is 12.3. The summed E-state index contributed by atoms with van der Waals surface area (Å²) in [6, 6.07) is 4.22. The third-order valence-corrected chi connectivity index (χ3v) is 4.75. The van der Waals surface area contributed by atoms with Crippen molar-refractivity contribution in [2.24, 2.45) is 0 Å². The van der Waals surface area contributed by atoms with Gasteiger partial charge in [0.05, 0.1) is 4.90 Å². The van der Waals surface area contributed by atoms with Gasteiger partial charge in [-0.25, -0.2) is 8.42 Å². The van der Waals surface area contributed by atoms with E-state index in [9.17, 15) is 18.0 Å². The van der Waals surface area contributed by atoms with Gasteiger partial charge in [0.1, 0.15) is 6.04 Å². The van der Waals surface area contributed by atoms with Crippen LogP contribution in [0.25, 0.3) is 0 Å². The number of amides is 1. The lowest BCUT2D eigenvalue weighted by Gasteiger charge is -2.15. The molecule has 0 bridgehead atoms.